The maximum Gasteiger partial charge on any atom is 0.216 e. The van der Waals surface area contributed by atoms with E-state index in [9.17, 15) is 0 Å². The molecule has 0 unspecified atom stereocenters. The van der Waals surface area contributed by atoms with Crippen molar-refractivity contribution in [3.05, 3.63) is 69.8 Å². The summed E-state index contributed by atoms with van der Waals surface area (Å²) in [5, 5.41) is 11.4. The van der Waals surface area contributed by atoms with E-state index in [4.69, 9.17) is 21.7 Å². The summed E-state index contributed by atoms with van der Waals surface area (Å²) in [7, 11) is 1.63. The van der Waals surface area contributed by atoms with Crippen LogP contribution in [0.3, 0.4) is 0 Å². The predicted octanol–water partition coefficient (Wildman–Crippen LogP) is 4.03. The summed E-state index contributed by atoms with van der Waals surface area (Å²) in [6, 6.07) is 13.6. The SMILES string of the molecule is COc1cccc(/C=N\n2c(COc3ccc(C)cc3C)n[nH]c2=S)c1. The van der Waals surface area contributed by atoms with Crippen molar-refractivity contribution in [3.8, 4) is 11.5 Å². The third-order valence-corrected chi connectivity index (χ3v) is 4.08. The Kier molecular flexibility index (Phi) is 5.48. The van der Waals surface area contributed by atoms with Gasteiger partial charge in [0.2, 0.25) is 4.77 Å². The van der Waals surface area contributed by atoms with Gasteiger partial charge in [0.1, 0.15) is 18.1 Å². The van der Waals surface area contributed by atoms with Crippen LogP contribution >= 0.6 is 12.2 Å². The first-order valence-electron chi connectivity index (χ1n) is 8.11. The first kappa shape index (κ1) is 17.9. The van der Waals surface area contributed by atoms with Gasteiger partial charge < -0.3 is 9.47 Å². The maximum absolute atomic E-state index is 5.88. The van der Waals surface area contributed by atoms with Gasteiger partial charge in [0.25, 0.3) is 0 Å². The molecule has 0 aliphatic heterocycles. The molecule has 6 nitrogen and oxygen atoms in total. The lowest BCUT2D eigenvalue weighted by atomic mass is 10.1. The van der Waals surface area contributed by atoms with Crippen molar-refractivity contribution in [2.45, 2.75) is 20.5 Å². The van der Waals surface area contributed by atoms with Gasteiger partial charge in [0.05, 0.1) is 13.3 Å². The molecule has 0 saturated heterocycles. The Morgan fingerprint density at radius 2 is 2.08 bits per heavy atom. The highest BCUT2D eigenvalue weighted by Crippen LogP contribution is 2.19. The summed E-state index contributed by atoms with van der Waals surface area (Å²) in [6.07, 6.45) is 1.70. The largest absolute Gasteiger partial charge is 0.497 e. The van der Waals surface area contributed by atoms with Gasteiger partial charge in [-0.25, -0.2) is 5.10 Å². The molecular weight excluding hydrogens is 348 g/mol. The summed E-state index contributed by atoms with van der Waals surface area (Å²) in [5.74, 6) is 2.17. The van der Waals surface area contributed by atoms with Crippen molar-refractivity contribution in [1.82, 2.24) is 14.9 Å². The number of nitrogens with zero attached hydrogens (tertiary/aromatic N) is 3. The average Bonchev–Trinajstić information content (AvgIpc) is 2.99. The number of methoxy groups -OCH3 is 1. The van der Waals surface area contributed by atoms with Crippen LogP contribution < -0.4 is 9.47 Å². The molecule has 0 aliphatic rings. The molecule has 2 aromatic carbocycles. The summed E-state index contributed by atoms with van der Waals surface area (Å²) in [5.41, 5.74) is 3.17. The summed E-state index contributed by atoms with van der Waals surface area (Å²) < 4.78 is 13.1. The third-order valence-electron chi connectivity index (χ3n) is 3.82. The second-order valence-corrected chi connectivity index (χ2v) is 6.22. The fraction of sp³-hybridized carbons (Fsp3) is 0.211. The predicted molar refractivity (Wildman–Crippen MR) is 104 cm³/mol. The molecule has 0 amide bonds. The fourth-order valence-electron chi connectivity index (χ4n) is 2.49. The zero-order valence-electron chi connectivity index (χ0n) is 14.9. The Morgan fingerprint density at radius 3 is 2.85 bits per heavy atom. The molecule has 0 saturated carbocycles. The molecular formula is C19H20N4O2S. The monoisotopic (exact) mass is 368 g/mol. The molecule has 0 atom stereocenters. The van der Waals surface area contributed by atoms with Gasteiger partial charge in [-0.1, -0.05) is 29.8 Å². The second kappa shape index (κ2) is 7.97. The number of H-pyrrole nitrogens is 1. The van der Waals surface area contributed by atoms with Crippen LogP contribution in [0.15, 0.2) is 47.6 Å². The summed E-state index contributed by atoms with van der Waals surface area (Å²) in [4.78, 5) is 0. The quantitative estimate of drug-likeness (QED) is 0.527. The van der Waals surface area contributed by atoms with Crippen molar-refractivity contribution < 1.29 is 9.47 Å². The Morgan fingerprint density at radius 1 is 1.23 bits per heavy atom. The lowest BCUT2D eigenvalue weighted by Crippen LogP contribution is -2.05. The molecule has 1 aromatic heterocycles. The number of aromatic nitrogens is 3. The third kappa shape index (κ3) is 4.18. The van der Waals surface area contributed by atoms with Gasteiger partial charge in [-0.05, 0) is 55.4 Å². The van der Waals surface area contributed by atoms with Gasteiger partial charge in [-0.3, -0.25) is 0 Å². The number of ether oxygens (including phenoxy) is 2. The minimum absolute atomic E-state index is 0.256. The van der Waals surface area contributed by atoms with Gasteiger partial charge in [0.15, 0.2) is 5.82 Å². The van der Waals surface area contributed by atoms with Crippen LogP contribution in [0.2, 0.25) is 0 Å². The number of hydrogen-bond donors (Lipinski definition) is 1. The second-order valence-electron chi connectivity index (χ2n) is 5.84. The normalized spacial score (nSPS) is 11.0. The number of aromatic amines is 1. The van der Waals surface area contributed by atoms with E-state index in [1.165, 1.54) is 5.56 Å². The van der Waals surface area contributed by atoms with Crippen LogP contribution in [0.1, 0.15) is 22.5 Å². The van der Waals surface area contributed by atoms with Crippen molar-refractivity contribution in [3.63, 3.8) is 0 Å². The molecule has 0 bridgehead atoms. The van der Waals surface area contributed by atoms with Crippen molar-refractivity contribution >= 4 is 18.4 Å². The molecule has 0 spiro atoms. The van der Waals surface area contributed by atoms with E-state index in [2.05, 4.69) is 28.3 Å². The first-order valence-corrected chi connectivity index (χ1v) is 8.52. The van der Waals surface area contributed by atoms with Crippen molar-refractivity contribution in [1.29, 1.82) is 0 Å². The van der Waals surface area contributed by atoms with Crippen molar-refractivity contribution in [2.24, 2.45) is 5.10 Å². The number of benzene rings is 2. The Labute approximate surface area is 157 Å². The first-order chi connectivity index (χ1) is 12.6. The molecule has 7 heteroatoms. The Hall–Kier alpha value is -2.93. The molecule has 0 radical (unpaired) electrons. The van der Waals surface area contributed by atoms with Gasteiger partial charge >= 0.3 is 0 Å². The molecule has 26 heavy (non-hydrogen) atoms. The standard InChI is InChI=1S/C19H20N4O2S/c1-13-7-8-17(14(2)9-13)25-12-18-21-22-19(26)23(18)20-11-15-5-4-6-16(10-15)24-3/h4-11H,12H2,1-3H3,(H,22,26)/b20-11-. The van der Waals surface area contributed by atoms with Gasteiger partial charge in [0, 0.05) is 0 Å². The lowest BCUT2D eigenvalue weighted by Gasteiger charge is -2.09. The van der Waals surface area contributed by atoms with E-state index in [0.717, 1.165) is 22.6 Å². The van der Waals surface area contributed by atoms with E-state index >= 15 is 0 Å². The van der Waals surface area contributed by atoms with E-state index < -0.39 is 0 Å². The van der Waals surface area contributed by atoms with Crippen LogP contribution in [0.25, 0.3) is 0 Å². The van der Waals surface area contributed by atoms with E-state index in [0.29, 0.717) is 10.6 Å². The minimum Gasteiger partial charge on any atom is -0.497 e. The molecule has 1 heterocycles. The molecule has 3 aromatic rings. The number of nitrogens with one attached hydrogen (secondary N) is 1. The molecule has 0 aliphatic carbocycles. The van der Waals surface area contributed by atoms with Crippen LogP contribution in [0.4, 0.5) is 0 Å². The molecule has 134 valence electrons. The highest BCUT2D eigenvalue weighted by Gasteiger charge is 2.07. The molecule has 3 rings (SSSR count). The number of hydrogen-bond acceptors (Lipinski definition) is 5. The summed E-state index contributed by atoms with van der Waals surface area (Å²) in [6.45, 7) is 4.32. The Balaban J connectivity index is 1.78. The topological polar surface area (TPSA) is 64.4 Å². The van der Waals surface area contributed by atoms with Crippen LogP contribution in [-0.4, -0.2) is 28.2 Å². The lowest BCUT2D eigenvalue weighted by molar-refractivity contribution is 0.288. The van der Waals surface area contributed by atoms with E-state index in [-0.39, 0.29) is 6.61 Å². The van der Waals surface area contributed by atoms with Crippen LogP contribution in [-0.2, 0) is 6.61 Å². The highest BCUT2D eigenvalue weighted by molar-refractivity contribution is 7.71. The minimum atomic E-state index is 0.256. The van der Waals surface area contributed by atoms with Gasteiger partial charge in [-0.2, -0.15) is 14.9 Å². The highest BCUT2D eigenvalue weighted by atomic mass is 32.1. The molecule has 0 fully saturated rings. The molecule has 1 N–H and O–H groups in total. The Bertz CT molecular complexity index is 991. The number of rotatable bonds is 6. The zero-order chi connectivity index (χ0) is 18.5. The van der Waals surface area contributed by atoms with Crippen LogP contribution in [0, 0.1) is 18.6 Å². The van der Waals surface area contributed by atoms with Gasteiger partial charge in [-0.15, -0.1) is 0 Å². The van der Waals surface area contributed by atoms with Crippen LogP contribution in [0.5, 0.6) is 11.5 Å². The zero-order valence-corrected chi connectivity index (χ0v) is 15.7. The van der Waals surface area contributed by atoms with E-state index in [1.54, 1.807) is 18.0 Å². The summed E-state index contributed by atoms with van der Waals surface area (Å²) >= 11 is 5.26. The number of aryl methyl sites for hydroxylation is 2. The fourth-order valence-corrected chi connectivity index (χ4v) is 2.68. The smallest absolute Gasteiger partial charge is 0.216 e. The maximum atomic E-state index is 5.88. The van der Waals surface area contributed by atoms with Crippen molar-refractivity contribution in [2.75, 3.05) is 7.11 Å². The van der Waals surface area contributed by atoms with E-state index in [1.807, 2.05) is 43.3 Å². The average molecular weight is 368 g/mol.